The number of carbonyl (C=O) groups excluding carboxylic acids is 1. The van der Waals surface area contributed by atoms with E-state index >= 15 is 0 Å². The highest BCUT2D eigenvalue weighted by molar-refractivity contribution is 7.19. The molecular formula is C24H28N6O3S. The third kappa shape index (κ3) is 4.89. The van der Waals surface area contributed by atoms with E-state index in [0.29, 0.717) is 37.8 Å². The third-order valence-corrected chi connectivity index (χ3v) is 7.07. The highest BCUT2D eigenvalue weighted by Gasteiger charge is 2.24. The van der Waals surface area contributed by atoms with Crippen molar-refractivity contribution in [1.29, 1.82) is 0 Å². The number of piperazine rings is 1. The van der Waals surface area contributed by atoms with Crippen LogP contribution in [0.25, 0.3) is 21.7 Å². The number of carbonyl (C=O) groups is 1. The molecule has 4 heterocycles. The fourth-order valence-corrected chi connectivity index (χ4v) is 5.31. The van der Waals surface area contributed by atoms with E-state index in [2.05, 4.69) is 9.80 Å². The minimum absolute atomic E-state index is 0.0760. The number of phenolic OH excluding ortho intramolecular Hbond substituents is 1. The van der Waals surface area contributed by atoms with Gasteiger partial charge in [0.15, 0.2) is 17.3 Å². The lowest BCUT2D eigenvalue weighted by Gasteiger charge is -2.33. The SMILES string of the molecule is CC=CC(=O)N1CCN(Cc2nc3nc(-c4cccc(O)c4)nc(N4CCOCC4)c3s2)CC1. The summed E-state index contributed by atoms with van der Waals surface area (Å²) in [6, 6.07) is 7.00. The third-order valence-electron chi connectivity index (χ3n) is 6.05. The minimum Gasteiger partial charge on any atom is -0.508 e. The van der Waals surface area contributed by atoms with E-state index in [1.165, 1.54) is 0 Å². The Labute approximate surface area is 202 Å². The molecule has 0 aliphatic carbocycles. The standard InChI is InChI=1S/C24H28N6O3S/c1-2-4-20(32)29-9-7-28(8-10-29)16-19-25-23-21(34-19)24(30-11-13-33-14-12-30)27-22(26-23)17-5-3-6-18(31)15-17/h2-6,15,31H,7-14,16H2,1H3. The van der Waals surface area contributed by atoms with Crippen molar-refractivity contribution in [1.82, 2.24) is 24.8 Å². The van der Waals surface area contributed by atoms with Crippen LogP contribution in [0.1, 0.15) is 11.9 Å². The predicted octanol–water partition coefficient (Wildman–Crippen LogP) is 2.52. The van der Waals surface area contributed by atoms with Gasteiger partial charge in [0.05, 0.1) is 19.8 Å². The summed E-state index contributed by atoms with van der Waals surface area (Å²) in [5.41, 5.74) is 1.43. The van der Waals surface area contributed by atoms with Crippen LogP contribution in [0.5, 0.6) is 5.75 Å². The Hall–Kier alpha value is -3.08. The van der Waals surface area contributed by atoms with Crippen LogP contribution in [-0.2, 0) is 16.1 Å². The van der Waals surface area contributed by atoms with Gasteiger partial charge >= 0.3 is 0 Å². The van der Waals surface area contributed by atoms with Gasteiger partial charge in [0.2, 0.25) is 5.91 Å². The van der Waals surface area contributed by atoms with Crippen LogP contribution in [-0.4, -0.2) is 88.2 Å². The summed E-state index contributed by atoms with van der Waals surface area (Å²) in [6.07, 6.45) is 3.41. The Morgan fingerprint density at radius 1 is 1.12 bits per heavy atom. The average Bonchev–Trinajstić information content (AvgIpc) is 3.27. The van der Waals surface area contributed by atoms with Gasteiger partial charge in [-0.25, -0.2) is 15.0 Å². The number of allylic oxidation sites excluding steroid dienone is 1. The van der Waals surface area contributed by atoms with E-state index in [0.717, 1.165) is 53.8 Å². The number of fused-ring (bicyclic) bond motifs is 1. The molecule has 3 aromatic rings. The highest BCUT2D eigenvalue weighted by Crippen LogP contribution is 2.33. The zero-order chi connectivity index (χ0) is 23.5. The normalized spacial score (nSPS) is 17.7. The van der Waals surface area contributed by atoms with E-state index in [-0.39, 0.29) is 11.7 Å². The highest BCUT2D eigenvalue weighted by atomic mass is 32.1. The maximum Gasteiger partial charge on any atom is 0.246 e. The molecular weight excluding hydrogens is 452 g/mol. The summed E-state index contributed by atoms with van der Waals surface area (Å²) in [4.78, 5) is 33.1. The molecule has 10 heteroatoms. The molecule has 2 aliphatic heterocycles. The van der Waals surface area contributed by atoms with Gasteiger partial charge in [-0.3, -0.25) is 9.69 Å². The molecule has 0 radical (unpaired) electrons. The molecule has 0 saturated carbocycles. The van der Waals surface area contributed by atoms with Gasteiger partial charge in [-0.2, -0.15) is 0 Å². The molecule has 2 saturated heterocycles. The number of aromatic nitrogens is 3. The van der Waals surface area contributed by atoms with Gasteiger partial charge in [-0.15, -0.1) is 11.3 Å². The van der Waals surface area contributed by atoms with Crippen LogP contribution < -0.4 is 4.90 Å². The molecule has 1 amide bonds. The second-order valence-corrected chi connectivity index (χ2v) is 9.47. The number of aromatic hydroxyl groups is 1. The van der Waals surface area contributed by atoms with Gasteiger partial charge in [0.25, 0.3) is 0 Å². The van der Waals surface area contributed by atoms with Gasteiger partial charge in [0.1, 0.15) is 15.5 Å². The Morgan fingerprint density at radius 3 is 2.65 bits per heavy atom. The summed E-state index contributed by atoms with van der Waals surface area (Å²) in [7, 11) is 0. The van der Waals surface area contributed by atoms with Gasteiger partial charge in [0, 0.05) is 44.8 Å². The van der Waals surface area contributed by atoms with Crippen molar-refractivity contribution < 1.29 is 14.6 Å². The molecule has 1 N–H and O–H groups in total. The molecule has 178 valence electrons. The molecule has 0 unspecified atom stereocenters. The number of benzene rings is 1. The molecule has 2 aromatic heterocycles. The number of phenols is 1. The van der Waals surface area contributed by atoms with E-state index in [1.807, 2.05) is 17.9 Å². The Bertz CT molecular complexity index is 1200. The number of rotatable bonds is 5. The van der Waals surface area contributed by atoms with Crippen molar-refractivity contribution in [3.63, 3.8) is 0 Å². The largest absolute Gasteiger partial charge is 0.508 e. The Balaban J connectivity index is 1.41. The Kier molecular flexibility index (Phi) is 6.70. The predicted molar refractivity (Wildman–Crippen MR) is 132 cm³/mol. The molecule has 0 bridgehead atoms. The van der Waals surface area contributed by atoms with Crippen molar-refractivity contribution in [2.24, 2.45) is 0 Å². The number of anilines is 1. The van der Waals surface area contributed by atoms with Crippen molar-refractivity contribution in [3.8, 4) is 17.1 Å². The molecule has 1 aromatic carbocycles. The molecule has 2 aliphatic rings. The van der Waals surface area contributed by atoms with E-state index < -0.39 is 0 Å². The fourth-order valence-electron chi connectivity index (χ4n) is 4.25. The lowest BCUT2D eigenvalue weighted by molar-refractivity contribution is -0.127. The average molecular weight is 481 g/mol. The summed E-state index contributed by atoms with van der Waals surface area (Å²) in [6.45, 7) is 8.50. The lowest BCUT2D eigenvalue weighted by Crippen LogP contribution is -2.47. The van der Waals surface area contributed by atoms with Crippen LogP contribution in [0, 0.1) is 0 Å². The van der Waals surface area contributed by atoms with Crippen molar-refractivity contribution in [2.45, 2.75) is 13.5 Å². The number of hydrogen-bond donors (Lipinski definition) is 1. The number of morpholine rings is 1. The van der Waals surface area contributed by atoms with Gasteiger partial charge in [-0.05, 0) is 25.1 Å². The van der Waals surface area contributed by atoms with Gasteiger partial charge in [-0.1, -0.05) is 18.2 Å². The maximum atomic E-state index is 12.1. The first-order valence-corrected chi connectivity index (χ1v) is 12.4. The van der Waals surface area contributed by atoms with E-state index in [4.69, 9.17) is 19.7 Å². The van der Waals surface area contributed by atoms with Crippen LogP contribution >= 0.6 is 11.3 Å². The number of hydrogen-bond acceptors (Lipinski definition) is 9. The molecule has 0 spiro atoms. The summed E-state index contributed by atoms with van der Waals surface area (Å²) in [5, 5.41) is 10.9. The second-order valence-electron chi connectivity index (χ2n) is 8.38. The zero-order valence-electron chi connectivity index (χ0n) is 19.2. The zero-order valence-corrected chi connectivity index (χ0v) is 20.0. The molecule has 34 heavy (non-hydrogen) atoms. The summed E-state index contributed by atoms with van der Waals surface area (Å²) < 4.78 is 6.52. The van der Waals surface area contributed by atoms with E-state index in [9.17, 15) is 9.90 Å². The molecule has 2 fully saturated rings. The monoisotopic (exact) mass is 480 g/mol. The van der Waals surface area contributed by atoms with Gasteiger partial charge < -0.3 is 19.6 Å². The van der Waals surface area contributed by atoms with E-state index in [1.54, 1.807) is 41.7 Å². The maximum absolute atomic E-state index is 12.1. The fraction of sp³-hybridized carbons (Fsp3) is 0.417. The van der Waals surface area contributed by atoms with Crippen molar-refractivity contribution in [3.05, 3.63) is 41.4 Å². The number of ether oxygens (including phenoxy) is 1. The smallest absolute Gasteiger partial charge is 0.246 e. The summed E-state index contributed by atoms with van der Waals surface area (Å²) >= 11 is 1.63. The van der Waals surface area contributed by atoms with Crippen LogP contribution in [0.3, 0.4) is 0 Å². The van der Waals surface area contributed by atoms with Crippen LogP contribution in [0.2, 0.25) is 0 Å². The quantitative estimate of drug-likeness (QED) is 0.557. The second kappa shape index (κ2) is 10.0. The van der Waals surface area contributed by atoms with Crippen LogP contribution in [0.15, 0.2) is 36.4 Å². The molecule has 9 nitrogen and oxygen atoms in total. The minimum atomic E-state index is 0.0760. The van der Waals surface area contributed by atoms with Crippen LogP contribution in [0.4, 0.5) is 5.82 Å². The lowest BCUT2D eigenvalue weighted by atomic mass is 10.2. The number of thiazole rings is 1. The molecule has 5 rings (SSSR count). The molecule has 0 atom stereocenters. The van der Waals surface area contributed by atoms with Crippen molar-refractivity contribution >= 4 is 33.4 Å². The summed E-state index contributed by atoms with van der Waals surface area (Å²) in [5.74, 6) is 1.68. The first kappa shape index (κ1) is 22.7. The number of amides is 1. The topological polar surface area (TPSA) is 94.9 Å². The van der Waals surface area contributed by atoms with Crippen molar-refractivity contribution in [2.75, 3.05) is 57.4 Å². The first-order chi connectivity index (χ1) is 16.6. The first-order valence-electron chi connectivity index (χ1n) is 11.5. The number of nitrogens with zero attached hydrogens (tertiary/aromatic N) is 6. The Morgan fingerprint density at radius 2 is 1.91 bits per heavy atom.